The van der Waals surface area contributed by atoms with Crippen molar-refractivity contribution in [3.8, 4) is 0 Å². The normalized spacial score (nSPS) is 18.5. The van der Waals surface area contributed by atoms with Gasteiger partial charge in [-0.15, -0.1) is 5.10 Å². The van der Waals surface area contributed by atoms with Gasteiger partial charge in [0.15, 0.2) is 5.82 Å². The van der Waals surface area contributed by atoms with Crippen LogP contribution < -0.4 is 10.2 Å². The number of piperidine rings is 1. The van der Waals surface area contributed by atoms with Crippen LogP contribution >= 0.6 is 0 Å². The van der Waals surface area contributed by atoms with Crippen molar-refractivity contribution in [2.45, 2.75) is 25.2 Å². The lowest BCUT2D eigenvalue weighted by Crippen LogP contribution is -2.38. The zero-order chi connectivity index (χ0) is 24.2. The summed E-state index contributed by atoms with van der Waals surface area (Å²) in [6.07, 6.45) is 4.07. The first kappa shape index (κ1) is 23.0. The van der Waals surface area contributed by atoms with Gasteiger partial charge in [0.1, 0.15) is 5.82 Å². The van der Waals surface area contributed by atoms with Gasteiger partial charge in [0.25, 0.3) is 5.91 Å². The van der Waals surface area contributed by atoms with Crippen molar-refractivity contribution in [2.24, 2.45) is 5.92 Å². The summed E-state index contributed by atoms with van der Waals surface area (Å²) in [5.74, 6) is 0.339. The Morgan fingerprint density at radius 3 is 2.40 bits per heavy atom. The number of amides is 2. The number of benzene rings is 2. The van der Waals surface area contributed by atoms with E-state index < -0.39 is 5.82 Å². The van der Waals surface area contributed by atoms with E-state index in [9.17, 15) is 14.0 Å². The highest BCUT2D eigenvalue weighted by Gasteiger charge is 2.29. The van der Waals surface area contributed by atoms with Gasteiger partial charge in [0, 0.05) is 38.1 Å². The number of nitrogens with zero attached hydrogens (tertiary/aromatic N) is 4. The van der Waals surface area contributed by atoms with Gasteiger partial charge < -0.3 is 15.1 Å². The molecule has 2 aliphatic heterocycles. The van der Waals surface area contributed by atoms with E-state index >= 15 is 0 Å². The van der Waals surface area contributed by atoms with Crippen LogP contribution in [0.25, 0.3) is 0 Å². The second-order valence-corrected chi connectivity index (χ2v) is 9.17. The van der Waals surface area contributed by atoms with Gasteiger partial charge in [-0.05, 0) is 67.1 Å². The van der Waals surface area contributed by atoms with Gasteiger partial charge in [0.05, 0.1) is 11.5 Å². The highest BCUT2D eigenvalue weighted by molar-refractivity contribution is 5.94. The molecule has 1 aromatic heterocycles. The van der Waals surface area contributed by atoms with Crippen LogP contribution in [0.2, 0.25) is 0 Å². The summed E-state index contributed by atoms with van der Waals surface area (Å²) in [4.78, 5) is 29.3. The average molecular weight is 474 g/mol. The molecule has 8 heteroatoms. The summed E-state index contributed by atoms with van der Waals surface area (Å²) >= 11 is 0. The van der Waals surface area contributed by atoms with Crippen LogP contribution in [0.5, 0.6) is 0 Å². The van der Waals surface area contributed by atoms with Gasteiger partial charge in [0.2, 0.25) is 5.91 Å². The largest absolute Gasteiger partial charge is 0.354 e. The van der Waals surface area contributed by atoms with Crippen molar-refractivity contribution in [2.75, 3.05) is 36.4 Å². The van der Waals surface area contributed by atoms with Gasteiger partial charge in [-0.3, -0.25) is 9.59 Å². The molecule has 0 spiro atoms. The predicted octanol–water partition coefficient (Wildman–Crippen LogP) is 4.10. The Hall–Kier alpha value is -3.81. The Labute approximate surface area is 204 Å². The lowest BCUT2D eigenvalue weighted by Gasteiger charge is -2.32. The van der Waals surface area contributed by atoms with E-state index in [4.69, 9.17) is 0 Å². The zero-order valence-corrected chi connectivity index (χ0v) is 19.4. The van der Waals surface area contributed by atoms with E-state index in [1.54, 1.807) is 23.2 Å². The van der Waals surface area contributed by atoms with Crippen molar-refractivity contribution in [3.05, 3.63) is 83.8 Å². The molecule has 1 atom stereocenters. The quantitative estimate of drug-likeness (QED) is 0.604. The topological polar surface area (TPSA) is 78.4 Å². The monoisotopic (exact) mass is 473 g/mol. The Bertz CT molecular complexity index is 1180. The van der Waals surface area contributed by atoms with Gasteiger partial charge >= 0.3 is 0 Å². The maximum Gasteiger partial charge on any atom is 0.256 e. The number of hydrogen-bond donors (Lipinski definition) is 1. The van der Waals surface area contributed by atoms with E-state index in [0.29, 0.717) is 25.6 Å². The fraction of sp³-hybridized carbons (Fsp3) is 0.333. The molecular weight excluding hydrogens is 445 g/mol. The van der Waals surface area contributed by atoms with Crippen LogP contribution in [0.15, 0.2) is 66.9 Å². The van der Waals surface area contributed by atoms with E-state index in [1.807, 2.05) is 24.3 Å². The fourth-order valence-corrected chi connectivity index (χ4v) is 4.95. The standard InChI is InChI=1S/C27H28FN5O2/c28-24-5-2-1-4-23(24)27(35)32-15-11-20(12-16-32)19-7-9-22(10-8-19)30-26(34)21-13-17-33(18-21)25-6-3-14-29-31-25/h1-10,14,20-21H,11-13,15-18H2,(H,30,34). The molecule has 1 N–H and O–H groups in total. The molecule has 2 fully saturated rings. The van der Waals surface area contributed by atoms with Gasteiger partial charge in [-0.25, -0.2) is 4.39 Å². The summed E-state index contributed by atoms with van der Waals surface area (Å²) < 4.78 is 14.0. The molecule has 35 heavy (non-hydrogen) atoms. The Morgan fingerprint density at radius 2 is 1.69 bits per heavy atom. The molecule has 0 saturated carbocycles. The van der Waals surface area contributed by atoms with Crippen LogP contribution in [-0.4, -0.2) is 53.1 Å². The molecule has 2 aromatic carbocycles. The minimum atomic E-state index is -0.476. The number of anilines is 2. The number of hydrogen-bond acceptors (Lipinski definition) is 5. The molecule has 3 aromatic rings. The van der Waals surface area contributed by atoms with Crippen molar-refractivity contribution in [1.82, 2.24) is 15.1 Å². The SMILES string of the molecule is O=C(Nc1ccc(C2CCN(C(=O)c3ccccc3F)CC2)cc1)C1CCN(c2cccnn2)C1. The molecule has 0 radical (unpaired) electrons. The third-order valence-corrected chi connectivity index (χ3v) is 6.98. The fourth-order valence-electron chi connectivity index (χ4n) is 4.95. The maximum absolute atomic E-state index is 14.0. The molecule has 2 amide bonds. The summed E-state index contributed by atoms with van der Waals surface area (Å²) in [6.45, 7) is 2.61. The summed E-state index contributed by atoms with van der Waals surface area (Å²) in [5, 5.41) is 11.1. The lowest BCUT2D eigenvalue weighted by atomic mass is 9.89. The molecule has 2 saturated heterocycles. The molecule has 0 bridgehead atoms. The molecule has 5 rings (SSSR count). The van der Waals surface area contributed by atoms with Gasteiger partial charge in [-0.1, -0.05) is 24.3 Å². The first-order valence-electron chi connectivity index (χ1n) is 12.1. The van der Waals surface area contributed by atoms with E-state index in [1.165, 1.54) is 17.7 Å². The molecule has 1 unspecified atom stereocenters. The van der Waals surface area contributed by atoms with E-state index in [0.717, 1.165) is 37.3 Å². The number of nitrogens with one attached hydrogen (secondary N) is 1. The minimum Gasteiger partial charge on any atom is -0.354 e. The van der Waals surface area contributed by atoms with Gasteiger partial charge in [-0.2, -0.15) is 5.10 Å². The van der Waals surface area contributed by atoms with Crippen molar-refractivity contribution in [3.63, 3.8) is 0 Å². The van der Waals surface area contributed by atoms with Crippen LogP contribution in [0.1, 0.15) is 41.1 Å². The molecule has 2 aliphatic rings. The predicted molar refractivity (Wildman–Crippen MR) is 132 cm³/mol. The Morgan fingerprint density at radius 1 is 0.914 bits per heavy atom. The zero-order valence-electron chi connectivity index (χ0n) is 19.4. The molecule has 0 aliphatic carbocycles. The average Bonchev–Trinajstić information content (AvgIpc) is 3.41. The third kappa shape index (κ3) is 5.16. The number of carbonyl (C=O) groups is 2. The maximum atomic E-state index is 14.0. The minimum absolute atomic E-state index is 0.0177. The highest BCUT2D eigenvalue weighted by Crippen LogP contribution is 2.30. The number of aromatic nitrogens is 2. The number of halogens is 1. The molecule has 180 valence electrons. The Balaban J connectivity index is 1.13. The summed E-state index contributed by atoms with van der Waals surface area (Å²) in [7, 11) is 0. The Kier molecular flexibility index (Phi) is 6.70. The van der Waals surface area contributed by atoms with Crippen LogP contribution in [0, 0.1) is 11.7 Å². The van der Waals surface area contributed by atoms with E-state index in [2.05, 4.69) is 32.5 Å². The highest BCUT2D eigenvalue weighted by atomic mass is 19.1. The first-order valence-corrected chi connectivity index (χ1v) is 12.1. The number of likely N-dealkylation sites (tertiary alicyclic amines) is 1. The lowest BCUT2D eigenvalue weighted by molar-refractivity contribution is -0.119. The van der Waals surface area contributed by atoms with Crippen molar-refractivity contribution < 1.29 is 14.0 Å². The third-order valence-electron chi connectivity index (χ3n) is 6.98. The summed E-state index contributed by atoms with van der Waals surface area (Å²) in [6, 6.07) is 17.9. The van der Waals surface area contributed by atoms with Crippen LogP contribution in [0.4, 0.5) is 15.9 Å². The molecule has 7 nitrogen and oxygen atoms in total. The molecular formula is C27H28FN5O2. The smallest absolute Gasteiger partial charge is 0.256 e. The number of rotatable bonds is 5. The van der Waals surface area contributed by atoms with E-state index in [-0.39, 0.29) is 23.3 Å². The summed E-state index contributed by atoms with van der Waals surface area (Å²) in [5.41, 5.74) is 2.10. The molecule has 3 heterocycles. The second-order valence-electron chi connectivity index (χ2n) is 9.17. The second kappa shape index (κ2) is 10.2. The van der Waals surface area contributed by atoms with Crippen molar-refractivity contribution >= 4 is 23.3 Å². The number of carbonyl (C=O) groups excluding carboxylic acids is 2. The van der Waals surface area contributed by atoms with Crippen LogP contribution in [-0.2, 0) is 4.79 Å². The first-order chi connectivity index (χ1) is 17.1. The van der Waals surface area contributed by atoms with Crippen molar-refractivity contribution in [1.29, 1.82) is 0 Å². The van der Waals surface area contributed by atoms with Crippen LogP contribution in [0.3, 0.4) is 0 Å².